The van der Waals surface area contributed by atoms with E-state index < -0.39 is 0 Å². The normalized spacial score (nSPS) is 24.1. The van der Waals surface area contributed by atoms with E-state index in [9.17, 15) is 0 Å². The number of hydrogen-bond acceptors (Lipinski definition) is 4. The molecule has 1 saturated carbocycles. The molecule has 0 radical (unpaired) electrons. The molecule has 1 saturated heterocycles. The van der Waals surface area contributed by atoms with Gasteiger partial charge < -0.3 is 15.0 Å². The molecule has 1 aromatic rings. The van der Waals surface area contributed by atoms with Gasteiger partial charge in [0.25, 0.3) is 0 Å². The van der Waals surface area contributed by atoms with Gasteiger partial charge in [0, 0.05) is 31.2 Å². The lowest BCUT2D eigenvalue weighted by atomic mass is 10.1. The lowest BCUT2D eigenvalue weighted by Crippen LogP contribution is -2.49. The molecular formula is C14H21N3O. The molecular weight excluding hydrogens is 226 g/mol. The van der Waals surface area contributed by atoms with Crippen LogP contribution in [-0.4, -0.2) is 37.8 Å². The van der Waals surface area contributed by atoms with E-state index in [1.54, 1.807) is 7.11 Å². The van der Waals surface area contributed by atoms with Gasteiger partial charge in [-0.3, -0.25) is 0 Å². The summed E-state index contributed by atoms with van der Waals surface area (Å²) in [5.41, 5.74) is 1.28. The number of anilines is 1. The molecule has 0 aromatic carbocycles. The smallest absolute Gasteiger partial charge is 0.218 e. The first kappa shape index (κ1) is 11.8. The highest BCUT2D eigenvalue weighted by molar-refractivity contribution is 5.46. The van der Waals surface area contributed by atoms with Crippen molar-refractivity contribution in [2.24, 2.45) is 0 Å². The Balaban J connectivity index is 1.83. The summed E-state index contributed by atoms with van der Waals surface area (Å²) >= 11 is 0. The van der Waals surface area contributed by atoms with Gasteiger partial charge in [-0.05, 0) is 37.8 Å². The van der Waals surface area contributed by atoms with Crippen molar-refractivity contribution >= 4 is 5.82 Å². The number of ether oxygens (including phenoxy) is 1. The van der Waals surface area contributed by atoms with Crippen molar-refractivity contribution in [2.75, 3.05) is 31.6 Å². The lowest BCUT2D eigenvalue weighted by Gasteiger charge is -2.33. The van der Waals surface area contributed by atoms with Crippen molar-refractivity contribution in [1.29, 1.82) is 0 Å². The molecule has 2 fully saturated rings. The molecule has 1 aromatic heterocycles. The fourth-order valence-corrected chi connectivity index (χ4v) is 2.63. The molecule has 0 amide bonds. The average Bonchev–Trinajstić information content (AvgIpc) is 3.22. The number of methoxy groups -OCH3 is 1. The van der Waals surface area contributed by atoms with Gasteiger partial charge in [-0.2, -0.15) is 4.98 Å². The Labute approximate surface area is 108 Å². The maximum atomic E-state index is 5.45. The van der Waals surface area contributed by atoms with Gasteiger partial charge in [0.05, 0.1) is 7.11 Å². The van der Waals surface area contributed by atoms with E-state index in [2.05, 4.69) is 34.3 Å². The Kier molecular flexibility index (Phi) is 3.12. The van der Waals surface area contributed by atoms with E-state index in [4.69, 9.17) is 4.74 Å². The maximum absolute atomic E-state index is 5.45. The van der Waals surface area contributed by atoms with Gasteiger partial charge in [-0.15, -0.1) is 0 Å². The molecule has 4 nitrogen and oxygen atoms in total. The molecule has 0 bridgehead atoms. The molecule has 98 valence electrons. The van der Waals surface area contributed by atoms with E-state index in [-0.39, 0.29) is 0 Å². The lowest BCUT2D eigenvalue weighted by molar-refractivity contribution is 0.391. The number of piperazine rings is 1. The van der Waals surface area contributed by atoms with Crippen molar-refractivity contribution in [1.82, 2.24) is 10.3 Å². The van der Waals surface area contributed by atoms with E-state index in [0.717, 1.165) is 31.3 Å². The zero-order valence-corrected chi connectivity index (χ0v) is 11.1. The highest BCUT2D eigenvalue weighted by Gasteiger charge is 2.28. The van der Waals surface area contributed by atoms with Gasteiger partial charge in [0.15, 0.2) is 0 Å². The van der Waals surface area contributed by atoms with Crippen molar-refractivity contribution in [3.63, 3.8) is 0 Å². The van der Waals surface area contributed by atoms with Crippen LogP contribution in [0.2, 0.25) is 0 Å². The van der Waals surface area contributed by atoms with Crippen LogP contribution in [0.25, 0.3) is 0 Å². The fraction of sp³-hybridized carbons (Fsp3) is 0.643. The Hall–Kier alpha value is -1.29. The standard InChI is InChI=1S/C14H21N3O/c1-10-9-17(8-7-15-10)13-6-5-12(11-3-4-11)14(16-13)18-2/h5-6,10-11,15H,3-4,7-9H2,1-2H3. The first-order chi connectivity index (χ1) is 8.78. The summed E-state index contributed by atoms with van der Waals surface area (Å²) in [5, 5.41) is 3.45. The first-order valence-corrected chi connectivity index (χ1v) is 6.81. The first-order valence-electron chi connectivity index (χ1n) is 6.81. The molecule has 2 aliphatic rings. The van der Waals surface area contributed by atoms with Crippen LogP contribution in [0.5, 0.6) is 5.88 Å². The van der Waals surface area contributed by atoms with Crippen LogP contribution >= 0.6 is 0 Å². The largest absolute Gasteiger partial charge is 0.481 e. The predicted octanol–water partition coefficient (Wildman–Crippen LogP) is 1.77. The third-order valence-electron chi connectivity index (χ3n) is 3.78. The minimum Gasteiger partial charge on any atom is -0.481 e. The minimum absolute atomic E-state index is 0.523. The number of nitrogens with one attached hydrogen (secondary N) is 1. The Morgan fingerprint density at radius 1 is 1.39 bits per heavy atom. The number of pyridine rings is 1. The number of aromatic nitrogens is 1. The molecule has 2 heterocycles. The Morgan fingerprint density at radius 3 is 2.89 bits per heavy atom. The summed E-state index contributed by atoms with van der Waals surface area (Å²) < 4.78 is 5.45. The van der Waals surface area contributed by atoms with Crippen LogP contribution < -0.4 is 15.0 Å². The van der Waals surface area contributed by atoms with Crippen molar-refractivity contribution in [2.45, 2.75) is 31.7 Å². The van der Waals surface area contributed by atoms with Gasteiger partial charge in [-0.1, -0.05) is 0 Å². The molecule has 1 aliphatic heterocycles. The van der Waals surface area contributed by atoms with Crippen LogP contribution in [0.3, 0.4) is 0 Å². The van der Waals surface area contributed by atoms with Crippen LogP contribution in [0.1, 0.15) is 31.2 Å². The zero-order chi connectivity index (χ0) is 12.5. The quantitative estimate of drug-likeness (QED) is 0.883. The molecule has 3 rings (SSSR count). The highest BCUT2D eigenvalue weighted by atomic mass is 16.5. The molecule has 0 spiro atoms. The van der Waals surface area contributed by atoms with Gasteiger partial charge in [0.2, 0.25) is 5.88 Å². The molecule has 18 heavy (non-hydrogen) atoms. The summed E-state index contributed by atoms with van der Waals surface area (Å²) in [7, 11) is 1.72. The maximum Gasteiger partial charge on any atom is 0.218 e. The van der Waals surface area contributed by atoms with E-state index >= 15 is 0 Å². The molecule has 1 unspecified atom stereocenters. The second-order valence-corrected chi connectivity index (χ2v) is 5.34. The highest BCUT2D eigenvalue weighted by Crippen LogP contribution is 2.44. The summed E-state index contributed by atoms with van der Waals surface area (Å²) in [6, 6.07) is 4.87. The average molecular weight is 247 g/mol. The predicted molar refractivity (Wildman–Crippen MR) is 72.4 cm³/mol. The molecule has 1 atom stereocenters. The zero-order valence-electron chi connectivity index (χ0n) is 11.1. The van der Waals surface area contributed by atoms with Crippen LogP contribution in [0.4, 0.5) is 5.82 Å². The van der Waals surface area contributed by atoms with Crippen molar-refractivity contribution in [3.05, 3.63) is 17.7 Å². The summed E-state index contributed by atoms with van der Waals surface area (Å²) in [4.78, 5) is 7.02. The number of nitrogens with zero attached hydrogens (tertiary/aromatic N) is 2. The molecule has 1 N–H and O–H groups in total. The Morgan fingerprint density at radius 2 is 2.22 bits per heavy atom. The molecule has 4 heteroatoms. The second kappa shape index (κ2) is 4.76. The minimum atomic E-state index is 0.523. The topological polar surface area (TPSA) is 37.4 Å². The Bertz CT molecular complexity index is 431. The van der Waals surface area contributed by atoms with E-state index in [0.29, 0.717) is 12.0 Å². The van der Waals surface area contributed by atoms with Crippen LogP contribution in [0.15, 0.2) is 12.1 Å². The van der Waals surface area contributed by atoms with E-state index in [1.807, 2.05) is 0 Å². The van der Waals surface area contributed by atoms with Crippen molar-refractivity contribution in [3.8, 4) is 5.88 Å². The van der Waals surface area contributed by atoms with Crippen molar-refractivity contribution < 1.29 is 4.74 Å². The number of hydrogen-bond donors (Lipinski definition) is 1. The van der Waals surface area contributed by atoms with Crippen LogP contribution in [0, 0.1) is 0 Å². The monoisotopic (exact) mass is 247 g/mol. The second-order valence-electron chi connectivity index (χ2n) is 5.34. The SMILES string of the molecule is COc1nc(N2CCNC(C)C2)ccc1C1CC1. The summed E-state index contributed by atoms with van der Waals surface area (Å²) in [5.74, 6) is 2.55. The number of rotatable bonds is 3. The summed E-state index contributed by atoms with van der Waals surface area (Å²) in [6.45, 7) is 5.26. The fourth-order valence-electron chi connectivity index (χ4n) is 2.63. The third-order valence-corrected chi connectivity index (χ3v) is 3.78. The van der Waals surface area contributed by atoms with Gasteiger partial charge >= 0.3 is 0 Å². The van der Waals surface area contributed by atoms with Gasteiger partial charge in [0.1, 0.15) is 5.82 Å². The van der Waals surface area contributed by atoms with E-state index in [1.165, 1.54) is 18.4 Å². The molecule has 1 aliphatic carbocycles. The van der Waals surface area contributed by atoms with Crippen LogP contribution in [-0.2, 0) is 0 Å². The van der Waals surface area contributed by atoms with Gasteiger partial charge in [-0.25, -0.2) is 0 Å². The third kappa shape index (κ3) is 2.29. The summed E-state index contributed by atoms with van der Waals surface area (Å²) in [6.07, 6.45) is 2.56.